The molecule has 2 rings (SSSR count). The van der Waals surface area contributed by atoms with E-state index >= 15 is 0 Å². The van der Waals surface area contributed by atoms with Gasteiger partial charge in [-0.1, -0.05) is 0 Å². The van der Waals surface area contributed by atoms with E-state index in [9.17, 15) is 19.2 Å². The van der Waals surface area contributed by atoms with E-state index in [4.69, 9.17) is 14.2 Å². The molecular weight excluding hydrogens is 324 g/mol. The maximum Gasteiger partial charge on any atom is 0.374 e. The van der Waals surface area contributed by atoms with Crippen molar-refractivity contribution in [3.63, 3.8) is 0 Å². The first-order valence-electron chi connectivity index (χ1n) is 6.91. The van der Waals surface area contributed by atoms with Crippen LogP contribution in [0.1, 0.15) is 6.92 Å². The Kier molecular flexibility index (Phi) is 5.03. The largest absolute Gasteiger partial charge is 0.475 e. The van der Waals surface area contributed by atoms with Gasteiger partial charge >= 0.3 is 17.9 Å². The van der Waals surface area contributed by atoms with Gasteiger partial charge in [0.15, 0.2) is 18.0 Å². The van der Waals surface area contributed by atoms with Crippen LogP contribution in [0.4, 0.5) is 0 Å². The molecule has 1 saturated heterocycles. The van der Waals surface area contributed by atoms with Gasteiger partial charge in [0.25, 0.3) is 0 Å². The summed E-state index contributed by atoms with van der Waals surface area (Å²) in [6, 6.07) is 0. The van der Waals surface area contributed by atoms with Crippen LogP contribution in [-0.2, 0) is 42.9 Å². The zero-order chi connectivity index (χ0) is 18.0. The zero-order valence-corrected chi connectivity index (χ0v) is 13.3. The number of esters is 3. The van der Waals surface area contributed by atoms with Crippen molar-refractivity contribution in [3.05, 3.63) is 24.0 Å². The highest BCUT2D eigenvalue weighted by molar-refractivity contribution is 6.32. The lowest BCUT2D eigenvalue weighted by Crippen LogP contribution is -2.42. The first-order valence-corrected chi connectivity index (χ1v) is 6.91. The van der Waals surface area contributed by atoms with E-state index in [1.165, 1.54) is 13.2 Å². The molecule has 0 unspecified atom stereocenters. The van der Waals surface area contributed by atoms with Crippen LogP contribution in [0.25, 0.3) is 0 Å². The van der Waals surface area contributed by atoms with Gasteiger partial charge in [-0.15, -0.1) is 0 Å². The van der Waals surface area contributed by atoms with E-state index < -0.39 is 48.1 Å². The fourth-order valence-electron chi connectivity index (χ4n) is 2.25. The van der Waals surface area contributed by atoms with Gasteiger partial charge in [-0.3, -0.25) is 4.79 Å². The number of carbonyl (C=O) groups excluding carboxylic acids is 4. The van der Waals surface area contributed by atoms with Gasteiger partial charge in [-0.05, 0) is 12.7 Å². The lowest BCUT2D eigenvalue weighted by atomic mass is 9.94. The van der Waals surface area contributed by atoms with Crippen molar-refractivity contribution in [2.75, 3.05) is 14.2 Å². The number of carbonyl (C=O) groups is 4. The molecule has 0 amide bonds. The fraction of sp³-hybridized carbons (Fsp3) is 0.467. The van der Waals surface area contributed by atoms with E-state index in [-0.39, 0.29) is 11.3 Å². The number of fused-ring (bicyclic) bond motifs is 1. The van der Waals surface area contributed by atoms with Crippen LogP contribution < -0.4 is 0 Å². The Bertz CT molecular complexity index is 633. The molecule has 9 nitrogen and oxygen atoms in total. The van der Waals surface area contributed by atoms with Gasteiger partial charge in [-0.2, -0.15) is 0 Å². The minimum absolute atomic E-state index is 0.167. The van der Waals surface area contributed by atoms with Crippen LogP contribution in [0.15, 0.2) is 24.0 Å². The minimum atomic E-state index is -1.08. The summed E-state index contributed by atoms with van der Waals surface area (Å²) in [5, 5.41) is 0. The molecule has 0 N–H and O–H groups in total. The monoisotopic (exact) mass is 340 g/mol. The molecular formula is C15H16O9. The third-order valence-corrected chi connectivity index (χ3v) is 3.47. The van der Waals surface area contributed by atoms with Gasteiger partial charge in [0.1, 0.15) is 12.2 Å². The highest BCUT2D eigenvalue weighted by Gasteiger charge is 2.58. The van der Waals surface area contributed by atoms with E-state index in [1.807, 2.05) is 0 Å². The highest BCUT2D eigenvalue weighted by Crippen LogP contribution is 2.41. The molecule has 9 heteroatoms. The minimum Gasteiger partial charge on any atom is -0.475 e. The molecule has 0 aromatic carbocycles. The topological polar surface area (TPSA) is 118 Å². The number of ketones is 1. The molecule has 1 heterocycles. The molecule has 4 atom stereocenters. The molecule has 1 aliphatic carbocycles. The number of epoxide rings is 1. The van der Waals surface area contributed by atoms with Crippen molar-refractivity contribution in [3.8, 4) is 0 Å². The van der Waals surface area contributed by atoms with Gasteiger partial charge in [0.2, 0.25) is 5.78 Å². The lowest BCUT2D eigenvalue weighted by Gasteiger charge is -2.27. The van der Waals surface area contributed by atoms with Crippen LogP contribution in [0.2, 0.25) is 0 Å². The Morgan fingerprint density at radius 1 is 1.08 bits per heavy atom. The fourth-order valence-corrected chi connectivity index (χ4v) is 2.25. The van der Waals surface area contributed by atoms with Gasteiger partial charge in [-0.25, -0.2) is 14.4 Å². The highest BCUT2D eigenvalue weighted by atomic mass is 16.7. The summed E-state index contributed by atoms with van der Waals surface area (Å²) in [5.41, 5.74) is 0.167. The Labute approximate surface area is 137 Å². The number of hydrogen-bond donors (Lipinski definition) is 0. The van der Waals surface area contributed by atoms with Crippen LogP contribution in [0, 0.1) is 0 Å². The van der Waals surface area contributed by atoms with Gasteiger partial charge < -0.3 is 23.7 Å². The molecule has 0 bridgehead atoms. The second kappa shape index (κ2) is 6.83. The van der Waals surface area contributed by atoms with Crippen LogP contribution >= 0.6 is 0 Å². The summed E-state index contributed by atoms with van der Waals surface area (Å²) in [5.74, 6) is -3.72. The SMILES string of the molecule is C=C(O[C@@H]1C=C(C(=O)OC)[C@H]2O[C@H]2[C@H]1OC(=O)C(C)=O)C(=O)OC. The summed E-state index contributed by atoms with van der Waals surface area (Å²) >= 11 is 0. The molecule has 24 heavy (non-hydrogen) atoms. The molecule has 2 aliphatic rings. The van der Waals surface area contributed by atoms with Crippen molar-refractivity contribution in [1.82, 2.24) is 0 Å². The summed E-state index contributed by atoms with van der Waals surface area (Å²) < 4.78 is 24.8. The number of methoxy groups -OCH3 is 2. The number of ether oxygens (including phenoxy) is 5. The average Bonchev–Trinajstić information content (AvgIpc) is 3.35. The summed E-state index contributed by atoms with van der Waals surface area (Å²) in [6.45, 7) is 4.46. The third-order valence-electron chi connectivity index (χ3n) is 3.47. The number of hydrogen-bond acceptors (Lipinski definition) is 9. The van der Waals surface area contributed by atoms with E-state index in [2.05, 4.69) is 16.1 Å². The number of rotatable bonds is 6. The summed E-state index contributed by atoms with van der Waals surface area (Å²) in [6.07, 6.45) is -2.11. The zero-order valence-electron chi connectivity index (χ0n) is 13.3. The lowest BCUT2D eigenvalue weighted by molar-refractivity contribution is -0.163. The van der Waals surface area contributed by atoms with E-state index in [0.717, 1.165) is 14.0 Å². The molecule has 0 aromatic heterocycles. The van der Waals surface area contributed by atoms with Gasteiger partial charge in [0, 0.05) is 6.92 Å². The maximum atomic E-state index is 11.8. The quantitative estimate of drug-likeness (QED) is 0.156. The molecule has 0 spiro atoms. The van der Waals surface area contributed by atoms with Crippen molar-refractivity contribution in [2.45, 2.75) is 31.3 Å². The molecule has 130 valence electrons. The molecule has 1 fully saturated rings. The third kappa shape index (κ3) is 3.46. The summed E-state index contributed by atoms with van der Waals surface area (Å²) in [7, 11) is 2.34. The second-order valence-corrected chi connectivity index (χ2v) is 5.06. The second-order valence-electron chi connectivity index (χ2n) is 5.06. The molecule has 0 saturated carbocycles. The molecule has 0 aromatic rings. The molecule has 1 aliphatic heterocycles. The summed E-state index contributed by atoms with van der Waals surface area (Å²) in [4.78, 5) is 45.9. The Balaban J connectivity index is 2.25. The van der Waals surface area contributed by atoms with Crippen molar-refractivity contribution < 1.29 is 42.9 Å². The maximum absolute atomic E-state index is 11.8. The van der Waals surface area contributed by atoms with Crippen LogP contribution in [-0.4, -0.2) is 62.3 Å². The Morgan fingerprint density at radius 2 is 1.75 bits per heavy atom. The first kappa shape index (κ1) is 17.7. The Morgan fingerprint density at radius 3 is 2.29 bits per heavy atom. The average molecular weight is 340 g/mol. The standard InChI is InChI=1S/C15H16O9/c1-6(16)13(17)24-11-9(22-7(2)14(18)20-3)5-8(15(19)21-4)10-12(11)23-10/h5,9-12H,2H2,1,3-4H3/t9-,10-,11+,12-/m1/s1. The first-order chi connectivity index (χ1) is 11.3. The number of Topliss-reactive ketones (excluding diaryl/α,β-unsaturated/α-hetero) is 1. The van der Waals surface area contributed by atoms with E-state index in [1.54, 1.807) is 0 Å². The van der Waals surface area contributed by atoms with Crippen LogP contribution in [0.5, 0.6) is 0 Å². The normalized spacial score (nSPS) is 27.0. The van der Waals surface area contributed by atoms with E-state index in [0.29, 0.717) is 0 Å². The van der Waals surface area contributed by atoms with Crippen molar-refractivity contribution in [1.29, 1.82) is 0 Å². The predicted octanol–water partition coefficient (Wildman–Crippen LogP) is -0.560. The predicted molar refractivity (Wildman–Crippen MR) is 75.4 cm³/mol. The Hall–Kier alpha value is -2.68. The van der Waals surface area contributed by atoms with Crippen molar-refractivity contribution in [2.24, 2.45) is 0 Å². The molecule has 0 radical (unpaired) electrons. The van der Waals surface area contributed by atoms with Gasteiger partial charge in [0.05, 0.1) is 19.8 Å². The van der Waals surface area contributed by atoms with Crippen LogP contribution in [0.3, 0.4) is 0 Å². The smallest absolute Gasteiger partial charge is 0.374 e. The van der Waals surface area contributed by atoms with Crippen molar-refractivity contribution >= 4 is 23.7 Å².